The molecule has 0 aliphatic heterocycles. The molecule has 0 spiro atoms. The molecular formula is C16H27N3O3. The summed E-state index contributed by atoms with van der Waals surface area (Å²) in [5.74, 6) is 2.89. The van der Waals surface area contributed by atoms with Crippen molar-refractivity contribution in [2.24, 2.45) is 16.6 Å². The third kappa shape index (κ3) is 5.02. The highest BCUT2D eigenvalue weighted by atomic mass is 16.5. The topological polar surface area (TPSA) is 78.1 Å². The van der Waals surface area contributed by atoms with Crippen molar-refractivity contribution >= 4 is 5.96 Å². The molecule has 6 nitrogen and oxygen atoms in total. The molecule has 0 atom stereocenters. The van der Waals surface area contributed by atoms with Crippen LogP contribution in [0.3, 0.4) is 0 Å². The summed E-state index contributed by atoms with van der Waals surface area (Å²) in [6.45, 7) is 5.59. The Kier molecular flexibility index (Phi) is 7.36. The lowest BCUT2D eigenvalue weighted by atomic mass is 10.1. The van der Waals surface area contributed by atoms with Gasteiger partial charge in [-0.3, -0.25) is 4.99 Å². The molecule has 22 heavy (non-hydrogen) atoms. The fourth-order valence-corrected chi connectivity index (χ4v) is 2.02. The van der Waals surface area contributed by atoms with E-state index in [0.717, 1.165) is 18.5 Å². The molecule has 0 bridgehead atoms. The standard InChI is InChI=1S/C16H27N3O3/c1-11(2)10-19-16(17)18-9-8-12-6-7-13(20-3)15(22-5)14(12)21-4/h6-7,11H,8-10H2,1-5H3,(H3,17,18,19). The lowest BCUT2D eigenvalue weighted by molar-refractivity contribution is 0.322. The van der Waals surface area contributed by atoms with E-state index in [1.165, 1.54) is 0 Å². The van der Waals surface area contributed by atoms with Crippen molar-refractivity contribution in [3.63, 3.8) is 0 Å². The number of ether oxygens (including phenoxy) is 3. The third-order valence-corrected chi connectivity index (χ3v) is 3.11. The Hall–Kier alpha value is -2.11. The van der Waals surface area contributed by atoms with E-state index in [1.54, 1.807) is 21.3 Å². The number of guanidine groups is 1. The van der Waals surface area contributed by atoms with Gasteiger partial charge in [0.1, 0.15) is 0 Å². The average Bonchev–Trinajstić information content (AvgIpc) is 2.51. The molecular weight excluding hydrogens is 282 g/mol. The number of nitrogens with one attached hydrogen (secondary N) is 1. The lowest BCUT2D eigenvalue weighted by Crippen LogP contribution is -2.33. The second kappa shape index (κ2) is 9.02. The summed E-state index contributed by atoms with van der Waals surface area (Å²) in [6.07, 6.45) is 0.738. The second-order valence-corrected chi connectivity index (χ2v) is 5.29. The molecule has 0 saturated carbocycles. The molecule has 0 fully saturated rings. The number of nitrogens with two attached hydrogens (primary N) is 1. The average molecular weight is 309 g/mol. The van der Waals surface area contributed by atoms with E-state index in [0.29, 0.717) is 35.7 Å². The number of methoxy groups -OCH3 is 3. The highest BCUT2D eigenvalue weighted by Crippen LogP contribution is 2.39. The highest BCUT2D eigenvalue weighted by Gasteiger charge is 2.15. The van der Waals surface area contributed by atoms with Crippen LogP contribution in [0.5, 0.6) is 17.2 Å². The predicted octanol–water partition coefficient (Wildman–Crippen LogP) is 1.82. The summed E-state index contributed by atoms with van der Waals surface area (Å²) in [5.41, 5.74) is 6.84. The van der Waals surface area contributed by atoms with Gasteiger partial charge in [-0.05, 0) is 18.4 Å². The van der Waals surface area contributed by atoms with Crippen molar-refractivity contribution in [2.75, 3.05) is 34.4 Å². The van der Waals surface area contributed by atoms with Gasteiger partial charge in [0.2, 0.25) is 5.75 Å². The second-order valence-electron chi connectivity index (χ2n) is 5.29. The van der Waals surface area contributed by atoms with E-state index in [4.69, 9.17) is 19.9 Å². The molecule has 124 valence electrons. The largest absolute Gasteiger partial charge is 0.493 e. The first-order valence-corrected chi connectivity index (χ1v) is 7.35. The molecule has 1 aromatic rings. The van der Waals surface area contributed by atoms with Crippen LogP contribution in [0.25, 0.3) is 0 Å². The Morgan fingerprint density at radius 3 is 2.36 bits per heavy atom. The molecule has 0 heterocycles. The van der Waals surface area contributed by atoms with Gasteiger partial charge in [0.25, 0.3) is 0 Å². The molecule has 3 N–H and O–H groups in total. The fraction of sp³-hybridized carbons (Fsp3) is 0.562. The van der Waals surface area contributed by atoms with E-state index in [9.17, 15) is 0 Å². The maximum atomic E-state index is 5.82. The van der Waals surface area contributed by atoms with Crippen LogP contribution < -0.4 is 25.3 Å². The summed E-state index contributed by atoms with van der Waals surface area (Å²) in [5, 5.41) is 3.10. The van der Waals surface area contributed by atoms with Crippen LogP contribution in [0.2, 0.25) is 0 Å². The maximum Gasteiger partial charge on any atom is 0.203 e. The van der Waals surface area contributed by atoms with Gasteiger partial charge in [-0.25, -0.2) is 0 Å². The van der Waals surface area contributed by atoms with Crippen molar-refractivity contribution in [3.05, 3.63) is 17.7 Å². The third-order valence-electron chi connectivity index (χ3n) is 3.11. The van der Waals surface area contributed by atoms with Crippen LogP contribution in [0.15, 0.2) is 17.1 Å². The molecule has 0 unspecified atom stereocenters. The van der Waals surface area contributed by atoms with Crippen LogP contribution in [0.1, 0.15) is 19.4 Å². The minimum atomic E-state index is 0.466. The number of nitrogens with zero attached hydrogens (tertiary/aromatic N) is 1. The monoisotopic (exact) mass is 309 g/mol. The number of rotatable bonds is 8. The van der Waals surface area contributed by atoms with Gasteiger partial charge in [0, 0.05) is 18.7 Å². The van der Waals surface area contributed by atoms with Gasteiger partial charge >= 0.3 is 0 Å². The minimum Gasteiger partial charge on any atom is -0.493 e. The number of hydrogen-bond donors (Lipinski definition) is 2. The summed E-state index contributed by atoms with van der Waals surface area (Å²) in [6, 6.07) is 3.83. The van der Waals surface area contributed by atoms with Gasteiger partial charge in [-0.1, -0.05) is 19.9 Å². The molecule has 0 radical (unpaired) electrons. The van der Waals surface area contributed by atoms with Gasteiger partial charge in [-0.15, -0.1) is 0 Å². The van der Waals surface area contributed by atoms with E-state index >= 15 is 0 Å². The van der Waals surface area contributed by atoms with Gasteiger partial charge in [-0.2, -0.15) is 0 Å². The Morgan fingerprint density at radius 2 is 1.82 bits per heavy atom. The molecule has 0 aromatic heterocycles. The van der Waals surface area contributed by atoms with Crippen molar-refractivity contribution in [3.8, 4) is 17.2 Å². The molecule has 1 aromatic carbocycles. The molecule has 0 amide bonds. The Labute approximate surface area is 132 Å². The van der Waals surface area contributed by atoms with Crippen molar-refractivity contribution in [1.82, 2.24) is 5.32 Å². The molecule has 0 aliphatic carbocycles. The van der Waals surface area contributed by atoms with Crippen LogP contribution in [-0.2, 0) is 6.42 Å². The normalized spacial score (nSPS) is 11.5. The van der Waals surface area contributed by atoms with Crippen LogP contribution >= 0.6 is 0 Å². The summed E-state index contributed by atoms with van der Waals surface area (Å²) < 4.78 is 16.1. The Balaban J connectivity index is 2.72. The number of benzene rings is 1. The van der Waals surface area contributed by atoms with Crippen molar-refractivity contribution < 1.29 is 14.2 Å². The Morgan fingerprint density at radius 1 is 1.14 bits per heavy atom. The van der Waals surface area contributed by atoms with Gasteiger partial charge in [0.15, 0.2) is 17.5 Å². The zero-order valence-electron chi connectivity index (χ0n) is 14.1. The van der Waals surface area contributed by atoms with E-state index < -0.39 is 0 Å². The van der Waals surface area contributed by atoms with Gasteiger partial charge < -0.3 is 25.3 Å². The maximum absolute atomic E-state index is 5.82. The quantitative estimate of drug-likeness (QED) is 0.566. The fourth-order valence-electron chi connectivity index (χ4n) is 2.02. The molecule has 0 saturated heterocycles. The zero-order chi connectivity index (χ0) is 16.5. The summed E-state index contributed by atoms with van der Waals surface area (Å²) in [4.78, 5) is 4.27. The van der Waals surface area contributed by atoms with Crippen molar-refractivity contribution in [1.29, 1.82) is 0 Å². The first-order chi connectivity index (χ1) is 10.5. The van der Waals surface area contributed by atoms with E-state index in [1.807, 2.05) is 12.1 Å². The highest BCUT2D eigenvalue weighted by molar-refractivity contribution is 5.77. The first-order valence-electron chi connectivity index (χ1n) is 7.35. The summed E-state index contributed by atoms with van der Waals surface area (Å²) >= 11 is 0. The van der Waals surface area contributed by atoms with Crippen molar-refractivity contribution in [2.45, 2.75) is 20.3 Å². The molecule has 1 rings (SSSR count). The van der Waals surface area contributed by atoms with Crippen LogP contribution in [-0.4, -0.2) is 40.4 Å². The first kappa shape index (κ1) is 17.9. The molecule has 0 aliphatic rings. The Bertz CT molecular complexity index is 502. The van der Waals surface area contributed by atoms with Crippen LogP contribution in [0.4, 0.5) is 0 Å². The SMILES string of the molecule is COc1ccc(CCNC(N)=NCC(C)C)c(OC)c1OC. The van der Waals surface area contributed by atoms with Gasteiger partial charge in [0.05, 0.1) is 21.3 Å². The number of aliphatic imine (C=N–C) groups is 1. The smallest absolute Gasteiger partial charge is 0.203 e. The van der Waals surface area contributed by atoms with E-state index in [-0.39, 0.29) is 0 Å². The molecule has 6 heteroatoms. The van der Waals surface area contributed by atoms with Crippen LogP contribution in [0, 0.1) is 5.92 Å². The lowest BCUT2D eigenvalue weighted by Gasteiger charge is -2.16. The predicted molar refractivity (Wildman–Crippen MR) is 89.1 cm³/mol. The summed E-state index contributed by atoms with van der Waals surface area (Å²) in [7, 11) is 4.82. The minimum absolute atomic E-state index is 0.466. The zero-order valence-corrected chi connectivity index (χ0v) is 14.1. The van der Waals surface area contributed by atoms with E-state index in [2.05, 4.69) is 24.2 Å². The number of hydrogen-bond acceptors (Lipinski definition) is 4.